The third kappa shape index (κ3) is 3.85. The molecule has 0 unspecified atom stereocenters. The van der Waals surface area contributed by atoms with E-state index in [2.05, 4.69) is 83.4 Å². The molecule has 0 saturated heterocycles. The second-order valence-electron chi connectivity index (χ2n) is 8.84. The van der Waals surface area contributed by atoms with E-state index in [4.69, 9.17) is 11.5 Å². The fraction of sp³-hybridized carbons (Fsp3) is 0. The monoisotopic (exact) mass is 466 g/mol. The SMILES string of the molecule is Nc1ccccc1Nc1ccc2ccccc2c1-c1c(Nc2ccccc2N)ccc2ccccc12. The largest absolute Gasteiger partial charge is 0.397 e. The lowest BCUT2D eigenvalue weighted by atomic mass is 9.90. The summed E-state index contributed by atoms with van der Waals surface area (Å²) >= 11 is 0. The number of fused-ring (bicyclic) bond motifs is 2. The van der Waals surface area contributed by atoms with Crippen molar-refractivity contribution in [3.05, 3.63) is 121 Å². The van der Waals surface area contributed by atoms with Crippen molar-refractivity contribution >= 4 is 55.7 Å². The number of nitrogens with two attached hydrogens (primary N) is 2. The Morgan fingerprint density at radius 3 is 1.19 bits per heavy atom. The molecular formula is C32H26N4. The first kappa shape index (κ1) is 21.6. The van der Waals surface area contributed by atoms with E-state index < -0.39 is 0 Å². The molecule has 0 fully saturated rings. The molecule has 0 radical (unpaired) electrons. The van der Waals surface area contributed by atoms with Crippen molar-refractivity contribution in [3.63, 3.8) is 0 Å². The van der Waals surface area contributed by atoms with Gasteiger partial charge >= 0.3 is 0 Å². The van der Waals surface area contributed by atoms with Crippen LogP contribution in [-0.2, 0) is 0 Å². The quantitative estimate of drug-likeness (QED) is 0.193. The van der Waals surface area contributed by atoms with Gasteiger partial charge in [-0.15, -0.1) is 0 Å². The molecule has 36 heavy (non-hydrogen) atoms. The molecule has 0 aliphatic heterocycles. The number of benzene rings is 6. The van der Waals surface area contributed by atoms with Gasteiger partial charge < -0.3 is 22.1 Å². The van der Waals surface area contributed by atoms with Crippen molar-refractivity contribution in [2.24, 2.45) is 0 Å². The van der Waals surface area contributed by atoms with E-state index in [1.165, 1.54) is 0 Å². The highest BCUT2D eigenvalue weighted by atomic mass is 14.9. The van der Waals surface area contributed by atoms with Crippen LogP contribution in [0, 0.1) is 0 Å². The maximum absolute atomic E-state index is 6.32. The summed E-state index contributed by atoms with van der Waals surface area (Å²) in [6.07, 6.45) is 0. The van der Waals surface area contributed by atoms with Gasteiger partial charge in [-0.25, -0.2) is 0 Å². The van der Waals surface area contributed by atoms with Crippen LogP contribution in [-0.4, -0.2) is 0 Å². The highest BCUT2D eigenvalue weighted by molar-refractivity contribution is 6.14. The molecule has 0 heterocycles. The zero-order chi connectivity index (χ0) is 24.5. The zero-order valence-corrected chi connectivity index (χ0v) is 19.7. The van der Waals surface area contributed by atoms with Gasteiger partial charge in [0.25, 0.3) is 0 Å². The highest BCUT2D eigenvalue weighted by Crippen LogP contribution is 2.45. The number of nitrogen functional groups attached to an aromatic ring is 2. The normalized spacial score (nSPS) is 11.0. The molecular weight excluding hydrogens is 440 g/mol. The minimum absolute atomic E-state index is 0.699. The molecule has 0 spiro atoms. The molecule has 4 nitrogen and oxygen atoms in total. The maximum atomic E-state index is 6.32. The predicted octanol–water partition coefficient (Wildman–Crippen LogP) is 8.31. The van der Waals surface area contributed by atoms with Crippen molar-refractivity contribution in [3.8, 4) is 11.1 Å². The smallest absolute Gasteiger partial charge is 0.0618 e. The van der Waals surface area contributed by atoms with E-state index in [0.29, 0.717) is 11.4 Å². The van der Waals surface area contributed by atoms with Gasteiger partial charge in [-0.1, -0.05) is 84.9 Å². The Hall–Kier alpha value is -4.96. The van der Waals surface area contributed by atoms with E-state index in [1.807, 2.05) is 48.5 Å². The Kier molecular flexibility index (Phi) is 5.39. The highest BCUT2D eigenvalue weighted by Gasteiger charge is 2.18. The van der Waals surface area contributed by atoms with Crippen molar-refractivity contribution in [2.45, 2.75) is 0 Å². The van der Waals surface area contributed by atoms with Crippen LogP contribution in [0.25, 0.3) is 32.7 Å². The molecule has 0 amide bonds. The Bertz CT molecular complexity index is 1590. The predicted molar refractivity (Wildman–Crippen MR) is 155 cm³/mol. The molecule has 174 valence electrons. The zero-order valence-electron chi connectivity index (χ0n) is 19.7. The molecule has 0 saturated carbocycles. The van der Waals surface area contributed by atoms with Crippen LogP contribution in [0.15, 0.2) is 121 Å². The van der Waals surface area contributed by atoms with E-state index in [1.54, 1.807) is 0 Å². The van der Waals surface area contributed by atoms with Gasteiger partial charge in [-0.2, -0.15) is 0 Å². The van der Waals surface area contributed by atoms with Gasteiger partial charge in [-0.05, 0) is 57.9 Å². The first-order chi connectivity index (χ1) is 17.7. The fourth-order valence-electron chi connectivity index (χ4n) is 4.80. The number of hydrogen-bond acceptors (Lipinski definition) is 4. The van der Waals surface area contributed by atoms with Crippen molar-refractivity contribution < 1.29 is 0 Å². The van der Waals surface area contributed by atoms with Crippen LogP contribution in [0.4, 0.5) is 34.1 Å². The lowest BCUT2D eigenvalue weighted by molar-refractivity contribution is 1.53. The summed E-state index contributed by atoms with van der Waals surface area (Å²) in [7, 11) is 0. The average Bonchev–Trinajstić information content (AvgIpc) is 2.91. The summed E-state index contributed by atoms with van der Waals surface area (Å²) in [5.41, 5.74) is 19.9. The van der Waals surface area contributed by atoms with Crippen molar-refractivity contribution in [1.82, 2.24) is 0 Å². The summed E-state index contributed by atoms with van der Waals surface area (Å²) in [6, 6.07) is 41.2. The summed E-state index contributed by atoms with van der Waals surface area (Å²) in [5.74, 6) is 0. The second-order valence-corrected chi connectivity index (χ2v) is 8.84. The van der Waals surface area contributed by atoms with Gasteiger partial charge in [0.05, 0.1) is 22.7 Å². The minimum Gasteiger partial charge on any atom is -0.397 e. The number of nitrogens with one attached hydrogen (secondary N) is 2. The first-order valence-corrected chi connectivity index (χ1v) is 12.0. The summed E-state index contributed by atoms with van der Waals surface area (Å²) < 4.78 is 0. The van der Waals surface area contributed by atoms with Crippen LogP contribution >= 0.6 is 0 Å². The van der Waals surface area contributed by atoms with Crippen LogP contribution in [0.3, 0.4) is 0 Å². The molecule has 6 N–H and O–H groups in total. The van der Waals surface area contributed by atoms with Gasteiger partial charge in [0.15, 0.2) is 0 Å². The molecule has 6 aromatic rings. The summed E-state index contributed by atoms with van der Waals surface area (Å²) in [5, 5.41) is 11.9. The van der Waals surface area contributed by atoms with E-state index in [0.717, 1.165) is 55.4 Å². The third-order valence-corrected chi connectivity index (χ3v) is 6.57. The summed E-state index contributed by atoms with van der Waals surface area (Å²) in [4.78, 5) is 0. The molecule has 0 atom stereocenters. The third-order valence-electron chi connectivity index (χ3n) is 6.57. The van der Waals surface area contributed by atoms with Crippen LogP contribution in [0.5, 0.6) is 0 Å². The molecule has 0 aromatic heterocycles. The van der Waals surface area contributed by atoms with E-state index >= 15 is 0 Å². The number of rotatable bonds is 5. The maximum Gasteiger partial charge on any atom is 0.0618 e. The number of para-hydroxylation sites is 4. The Morgan fingerprint density at radius 2 is 0.750 bits per heavy atom. The standard InChI is InChI=1S/C32H26N4/c33-25-13-5-7-15-27(25)35-29-19-17-21-9-1-3-11-23(21)31(29)32-24-12-4-2-10-22(24)18-20-30(32)36-28-16-8-6-14-26(28)34/h1-20,35-36H,33-34H2. The van der Waals surface area contributed by atoms with Crippen molar-refractivity contribution in [2.75, 3.05) is 22.1 Å². The Labute approximate surface area is 210 Å². The van der Waals surface area contributed by atoms with Gasteiger partial charge in [-0.3, -0.25) is 0 Å². The van der Waals surface area contributed by atoms with Crippen LogP contribution < -0.4 is 22.1 Å². The molecule has 4 heteroatoms. The van der Waals surface area contributed by atoms with Gasteiger partial charge in [0.1, 0.15) is 0 Å². The molecule has 6 rings (SSSR count). The molecule has 6 aromatic carbocycles. The molecule has 0 aliphatic rings. The number of hydrogen-bond donors (Lipinski definition) is 4. The second kappa shape index (κ2) is 9.01. The molecule has 0 bridgehead atoms. The fourth-order valence-corrected chi connectivity index (χ4v) is 4.80. The van der Waals surface area contributed by atoms with Crippen molar-refractivity contribution in [1.29, 1.82) is 0 Å². The Morgan fingerprint density at radius 1 is 0.361 bits per heavy atom. The van der Waals surface area contributed by atoms with E-state index in [9.17, 15) is 0 Å². The Balaban J connectivity index is 1.66. The molecule has 0 aliphatic carbocycles. The van der Waals surface area contributed by atoms with Crippen LogP contribution in [0.2, 0.25) is 0 Å². The van der Waals surface area contributed by atoms with Crippen LogP contribution in [0.1, 0.15) is 0 Å². The lowest BCUT2D eigenvalue weighted by Crippen LogP contribution is -2.01. The summed E-state index contributed by atoms with van der Waals surface area (Å²) in [6.45, 7) is 0. The van der Waals surface area contributed by atoms with Gasteiger partial charge in [0.2, 0.25) is 0 Å². The van der Waals surface area contributed by atoms with E-state index in [-0.39, 0.29) is 0 Å². The average molecular weight is 467 g/mol. The number of anilines is 6. The van der Waals surface area contributed by atoms with Gasteiger partial charge in [0, 0.05) is 22.5 Å². The first-order valence-electron chi connectivity index (χ1n) is 12.0. The minimum atomic E-state index is 0.699. The topological polar surface area (TPSA) is 76.1 Å². The lowest BCUT2D eigenvalue weighted by Gasteiger charge is -2.21.